The fourth-order valence-corrected chi connectivity index (χ4v) is 1.60. The first-order valence-corrected chi connectivity index (χ1v) is 4.18. The largest absolute Gasteiger partial charge is 0.448 e. The number of aromatic nitrogens is 1. The SMILES string of the molecule is CC1(C)CC1c1ocnc1CO. The molecule has 0 amide bonds. The number of oxazole rings is 1. The van der Waals surface area contributed by atoms with Gasteiger partial charge < -0.3 is 9.52 Å². The van der Waals surface area contributed by atoms with E-state index < -0.39 is 0 Å². The van der Waals surface area contributed by atoms with Gasteiger partial charge in [0, 0.05) is 5.92 Å². The standard InChI is InChI=1S/C9H13NO2/c1-9(2)3-6(9)8-7(4-11)10-5-12-8/h5-6,11H,3-4H2,1-2H3. The molecule has 3 heteroatoms. The highest BCUT2D eigenvalue weighted by Crippen LogP contribution is 2.59. The summed E-state index contributed by atoms with van der Waals surface area (Å²) in [7, 11) is 0. The Balaban J connectivity index is 2.24. The van der Waals surface area contributed by atoms with Gasteiger partial charge in [0.15, 0.2) is 6.39 Å². The van der Waals surface area contributed by atoms with Crippen molar-refractivity contribution in [3.8, 4) is 0 Å². The highest BCUT2D eigenvalue weighted by Gasteiger charge is 2.49. The molecule has 1 aliphatic rings. The van der Waals surface area contributed by atoms with Crippen LogP contribution in [0.4, 0.5) is 0 Å². The Labute approximate surface area is 71.4 Å². The van der Waals surface area contributed by atoms with Gasteiger partial charge in [0.05, 0.1) is 6.61 Å². The first-order chi connectivity index (χ1) is 5.65. The molecule has 1 N–H and O–H groups in total. The Morgan fingerprint density at radius 1 is 1.75 bits per heavy atom. The molecule has 66 valence electrons. The third kappa shape index (κ3) is 1.05. The lowest BCUT2D eigenvalue weighted by Crippen LogP contribution is -1.93. The number of rotatable bonds is 2. The maximum absolute atomic E-state index is 8.93. The van der Waals surface area contributed by atoms with Crippen molar-refractivity contribution in [3.05, 3.63) is 17.8 Å². The lowest BCUT2D eigenvalue weighted by Gasteiger charge is -2.00. The summed E-state index contributed by atoms with van der Waals surface area (Å²) in [5.74, 6) is 1.34. The molecule has 0 bridgehead atoms. The van der Waals surface area contributed by atoms with Crippen LogP contribution < -0.4 is 0 Å². The van der Waals surface area contributed by atoms with Gasteiger partial charge in [-0.25, -0.2) is 4.98 Å². The first-order valence-electron chi connectivity index (χ1n) is 4.18. The molecule has 2 rings (SSSR count). The van der Waals surface area contributed by atoms with Gasteiger partial charge in [-0.05, 0) is 11.8 Å². The molecular weight excluding hydrogens is 154 g/mol. The van der Waals surface area contributed by atoms with E-state index in [0.717, 1.165) is 12.2 Å². The van der Waals surface area contributed by atoms with E-state index in [1.54, 1.807) is 0 Å². The van der Waals surface area contributed by atoms with Gasteiger partial charge in [0.1, 0.15) is 11.5 Å². The van der Waals surface area contributed by atoms with Crippen molar-refractivity contribution in [1.29, 1.82) is 0 Å². The number of hydrogen-bond acceptors (Lipinski definition) is 3. The second-order valence-corrected chi connectivity index (χ2v) is 4.07. The normalized spacial score (nSPS) is 25.8. The van der Waals surface area contributed by atoms with Crippen LogP contribution in [0.5, 0.6) is 0 Å². The van der Waals surface area contributed by atoms with Crippen LogP contribution in [0.3, 0.4) is 0 Å². The number of nitrogens with zero attached hydrogens (tertiary/aromatic N) is 1. The van der Waals surface area contributed by atoms with Crippen LogP contribution >= 0.6 is 0 Å². The van der Waals surface area contributed by atoms with Crippen molar-refractivity contribution in [3.63, 3.8) is 0 Å². The van der Waals surface area contributed by atoms with E-state index >= 15 is 0 Å². The molecule has 1 fully saturated rings. The predicted molar refractivity (Wildman–Crippen MR) is 43.6 cm³/mol. The monoisotopic (exact) mass is 167 g/mol. The molecule has 1 aromatic rings. The molecule has 0 aliphatic heterocycles. The van der Waals surface area contributed by atoms with E-state index in [1.165, 1.54) is 6.39 Å². The molecule has 1 aliphatic carbocycles. The smallest absolute Gasteiger partial charge is 0.181 e. The van der Waals surface area contributed by atoms with Gasteiger partial charge >= 0.3 is 0 Å². The third-order valence-electron chi connectivity index (χ3n) is 2.65. The first kappa shape index (κ1) is 7.80. The van der Waals surface area contributed by atoms with Crippen molar-refractivity contribution >= 4 is 0 Å². The van der Waals surface area contributed by atoms with Crippen LogP contribution in [0.1, 0.15) is 37.6 Å². The van der Waals surface area contributed by atoms with Crippen LogP contribution in [0.25, 0.3) is 0 Å². The summed E-state index contributed by atoms with van der Waals surface area (Å²) < 4.78 is 5.24. The minimum atomic E-state index is -0.0155. The molecule has 12 heavy (non-hydrogen) atoms. The Morgan fingerprint density at radius 3 is 2.92 bits per heavy atom. The molecule has 1 aromatic heterocycles. The Bertz CT molecular complexity index is 290. The highest BCUT2D eigenvalue weighted by molar-refractivity contribution is 5.22. The van der Waals surface area contributed by atoms with Gasteiger partial charge in [-0.2, -0.15) is 0 Å². The zero-order valence-corrected chi connectivity index (χ0v) is 7.37. The zero-order valence-electron chi connectivity index (χ0n) is 7.37. The van der Waals surface area contributed by atoms with Crippen molar-refractivity contribution < 1.29 is 9.52 Å². The topological polar surface area (TPSA) is 46.3 Å². The molecular formula is C9H13NO2. The highest BCUT2D eigenvalue weighted by atomic mass is 16.3. The Kier molecular flexibility index (Phi) is 1.51. The molecule has 3 nitrogen and oxygen atoms in total. The minimum Gasteiger partial charge on any atom is -0.448 e. The van der Waals surface area contributed by atoms with Crippen molar-refractivity contribution in [2.75, 3.05) is 0 Å². The Morgan fingerprint density at radius 2 is 2.42 bits per heavy atom. The number of aliphatic hydroxyl groups excluding tert-OH is 1. The van der Waals surface area contributed by atoms with Crippen LogP contribution in [-0.4, -0.2) is 10.1 Å². The van der Waals surface area contributed by atoms with Crippen LogP contribution in [0.15, 0.2) is 10.8 Å². The van der Waals surface area contributed by atoms with Crippen molar-refractivity contribution in [1.82, 2.24) is 4.98 Å². The molecule has 1 unspecified atom stereocenters. The lowest BCUT2D eigenvalue weighted by molar-refractivity contribution is 0.273. The van der Waals surface area contributed by atoms with E-state index in [9.17, 15) is 0 Å². The van der Waals surface area contributed by atoms with Gasteiger partial charge in [-0.15, -0.1) is 0 Å². The Hall–Kier alpha value is -0.830. The summed E-state index contributed by atoms with van der Waals surface area (Å²) in [5, 5.41) is 8.93. The second kappa shape index (κ2) is 2.33. The van der Waals surface area contributed by atoms with Crippen molar-refractivity contribution in [2.45, 2.75) is 32.8 Å². The number of hydrogen-bond donors (Lipinski definition) is 1. The lowest BCUT2D eigenvalue weighted by atomic mass is 10.1. The van der Waals surface area contributed by atoms with E-state index in [1.807, 2.05) is 0 Å². The maximum Gasteiger partial charge on any atom is 0.181 e. The summed E-state index contributed by atoms with van der Waals surface area (Å²) in [6.45, 7) is 4.38. The molecule has 1 atom stereocenters. The van der Waals surface area contributed by atoms with Gasteiger partial charge in [0.25, 0.3) is 0 Å². The maximum atomic E-state index is 8.93. The van der Waals surface area contributed by atoms with Crippen LogP contribution in [0, 0.1) is 5.41 Å². The summed E-state index contributed by atoms with van der Waals surface area (Å²) in [6, 6.07) is 0. The summed E-state index contributed by atoms with van der Waals surface area (Å²) in [4.78, 5) is 3.94. The average molecular weight is 167 g/mol. The fraction of sp³-hybridized carbons (Fsp3) is 0.667. The van der Waals surface area contributed by atoms with E-state index in [4.69, 9.17) is 9.52 Å². The molecule has 1 saturated carbocycles. The molecule has 1 heterocycles. The number of aliphatic hydroxyl groups is 1. The zero-order chi connectivity index (χ0) is 8.77. The fourth-order valence-electron chi connectivity index (χ4n) is 1.60. The van der Waals surface area contributed by atoms with Gasteiger partial charge in [0.2, 0.25) is 0 Å². The summed E-state index contributed by atoms with van der Waals surface area (Å²) >= 11 is 0. The van der Waals surface area contributed by atoms with E-state index in [0.29, 0.717) is 17.0 Å². The van der Waals surface area contributed by atoms with Crippen molar-refractivity contribution in [2.24, 2.45) is 5.41 Å². The molecule has 0 aromatic carbocycles. The van der Waals surface area contributed by atoms with Crippen LogP contribution in [-0.2, 0) is 6.61 Å². The summed E-state index contributed by atoms with van der Waals surface area (Å²) in [5.41, 5.74) is 1.04. The third-order valence-corrected chi connectivity index (χ3v) is 2.65. The van der Waals surface area contributed by atoms with Gasteiger partial charge in [-0.1, -0.05) is 13.8 Å². The van der Waals surface area contributed by atoms with Gasteiger partial charge in [-0.3, -0.25) is 0 Å². The predicted octanol–water partition coefficient (Wildman–Crippen LogP) is 1.68. The molecule has 0 saturated heterocycles. The molecule has 0 spiro atoms. The molecule has 0 radical (unpaired) electrons. The second-order valence-electron chi connectivity index (χ2n) is 4.07. The minimum absolute atomic E-state index is 0.0155. The quantitative estimate of drug-likeness (QED) is 0.728. The summed E-state index contributed by atoms with van der Waals surface area (Å²) in [6.07, 6.45) is 2.55. The van der Waals surface area contributed by atoms with Crippen LogP contribution in [0.2, 0.25) is 0 Å². The van der Waals surface area contributed by atoms with E-state index in [-0.39, 0.29) is 6.61 Å². The average Bonchev–Trinajstić information content (AvgIpc) is 2.51. The van der Waals surface area contributed by atoms with E-state index in [2.05, 4.69) is 18.8 Å².